The van der Waals surface area contributed by atoms with E-state index in [-0.39, 0.29) is 18.4 Å². The Morgan fingerprint density at radius 1 is 1.37 bits per heavy atom. The van der Waals surface area contributed by atoms with Crippen molar-refractivity contribution in [3.05, 3.63) is 18.0 Å². The van der Waals surface area contributed by atoms with Gasteiger partial charge in [-0.25, -0.2) is 9.97 Å². The van der Waals surface area contributed by atoms with E-state index in [1.807, 2.05) is 0 Å². The molecule has 1 N–H and O–H groups in total. The van der Waals surface area contributed by atoms with Crippen molar-refractivity contribution in [2.75, 3.05) is 25.0 Å². The summed E-state index contributed by atoms with van der Waals surface area (Å²) in [6.07, 6.45) is -1.57. The summed E-state index contributed by atoms with van der Waals surface area (Å²) in [6.45, 7) is 1.30. The van der Waals surface area contributed by atoms with Gasteiger partial charge >= 0.3 is 6.18 Å². The van der Waals surface area contributed by atoms with Gasteiger partial charge in [0.1, 0.15) is 5.69 Å². The molecule has 1 saturated heterocycles. The SMILES string of the molecule is O=C(CNc1nccc(C(F)(F)F)n1)N1CCCC1. The molecular weight excluding hydrogens is 261 g/mol. The fraction of sp³-hybridized carbons (Fsp3) is 0.545. The van der Waals surface area contributed by atoms with Gasteiger partial charge in [0.25, 0.3) is 0 Å². The first-order chi connectivity index (χ1) is 8.97. The number of alkyl halides is 3. The van der Waals surface area contributed by atoms with E-state index in [9.17, 15) is 18.0 Å². The topological polar surface area (TPSA) is 58.1 Å². The van der Waals surface area contributed by atoms with Gasteiger partial charge in [0.2, 0.25) is 11.9 Å². The van der Waals surface area contributed by atoms with Crippen molar-refractivity contribution in [3.8, 4) is 0 Å². The average molecular weight is 274 g/mol. The van der Waals surface area contributed by atoms with Crippen LogP contribution in [0.25, 0.3) is 0 Å². The summed E-state index contributed by atoms with van der Waals surface area (Å²) in [7, 11) is 0. The summed E-state index contributed by atoms with van der Waals surface area (Å²) in [4.78, 5) is 20.3. The van der Waals surface area contributed by atoms with E-state index in [2.05, 4.69) is 15.3 Å². The summed E-state index contributed by atoms with van der Waals surface area (Å²) in [5, 5.41) is 2.52. The largest absolute Gasteiger partial charge is 0.433 e. The zero-order valence-corrected chi connectivity index (χ0v) is 10.1. The van der Waals surface area contributed by atoms with E-state index < -0.39 is 11.9 Å². The molecule has 0 aromatic carbocycles. The van der Waals surface area contributed by atoms with E-state index >= 15 is 0 Å². The van der Waals surface area contributed by atoms with Crippen molar-refractivity contribution in [1.29, 1.82) is 0 Å². The average Bonchev–Trinajstić information content (AvgIpc) is 2.89. The summed E-state index contributed by atoms with van der Waals surface area (Å²) in [5.74, 6) is -0.346. The number of halogens is 3. The van der Waals surface area contributed by atoms with Crippen LogP contribution in [-0.2, 0) is 11.0 Å². The van der Waals surface area contributed by atoms with Crippen LogP contribution in [0.1, 0.15) is 18.5 Å². The Hall–Kier alpha value is -1.86. The first kappa shape index (κ1) is 13.6. The molecule has 0 unspecified atom stereocenters. The number of carbonyl (C=O) groups excluding carboxylic acids is 1. The van der Waals surface area contributed by atoms with Gasteiger partial charge in [0.05, 0.1) is 6.54 Å². The monoisotopic (exact) mass is 274 g/mol. The maximum absolute atomic E-state index is 12.4. The molecule has 1 aliphatic heterocycles. The summed E-state index contributed by atoms with van der Waals surface area (Å²) < 4.78 is 37.3. The first-order valence-corrected chi connectivity index (χ1v) is 5.89. The lowest BCUT2D eigenvalue weighted by molar-refractivity contribution is -0.141. The highest BCUT2D eigenvalue weighted by Gasteiger charge is 2.32. The minimum Gasteiger partial charge on any atom is -0.345 e. The molecular formula is C11H13F3N4O. The highest BCUT2D eigenvalue weighted by Crippen LogP contribution is 2.27. The second-order valence-corrected chi connectivity index (χ2v) is 4.20. The van der Waals surface area contributed by atoms with Crippen LogP contribution in [0, 0.1) is 0 Å². The van der Waals surface area contributed by atoms with E-state index in [1.165, 1.54) is 0 Å². The third-order valence-corrected chi connectivity index (χ3v) is 2.80. The second kappa shape index (κ2) is 5.41. The predicted octanol–water partition coefficient (Wildman–Crippen LogP) is 1.53. The van der Waals surface area contributed by atoms with Gasteiger partial charge in [-0.15, -0.1) is 0 Å². The maximum Gasteiger partial charge on any atom is 0.433 e. The van der Waals surface area contributed by atoms with E-state index in [0.29, 0.717) is 13.1 Å². The number of hydrogen-bond donors (Lipinski definition) is 1. The summed E-state index contributed by atoms with van der Waals surface area (Å²) >= 11 is 0. The van der Waals surface area contributed by atoms with Crippen LogP contribution in [0.3, 0.4) is 0 Å². The van der Waals surface area contributed by atoms with Gasteiger partial charge in [-0.05, 0) is 18.9 Å². The lowest BCUT2D eigenvalue weighted by Gasteiger charge is -2.15. The minimum absolute atomic E-state index is 0.0959. The van der Waals surface area contributed by atoms with Gasteiger partial charge in [-0.3, -0.25) is 4.79 Å². The summed E-state index contributed by atoms with van der Waals surface area (Å²) in [5.41, 5.74) is -1.03. The molecule has 0 atom stereocenters. The number of anilines is 1. The molecule has 1 amide bonds. The quantitative estimate of drug-likeness (QED) is 0.908. The molecule has 1 fully saturated rings. The molecule has 0 spiro atoms. The Morgan fingerprint density at radius 3 is 2.68 bits per heavy atom. The molecule has 0 radical (unpaired) electrons. The number of aromatic nitrogens is 2. The smallest absolute Gasteiger partial charge is 0.345 e. The Morgan fingerprint density at radius 2 is 2.05 bits per heavy atom. The Balaban J connectivity index is 1.94. The van der Waals surface area contributed by atoms with Crippen molar-refractivity contribution in [2.24, 2.45) is 0 Å². The number of nitrogens with zero attached hydrogens (tertiary/aromatic N) is 3. The van der Waals surface area contributed by atoms with Crippen LogP contribution in [0.15, 0.2) is 12.3 Å². The predicted molar refractivity (Wildman–Crippen MR) is 61.3 cm³/mol. The molecule has 1 aliphatic rings. The van der Waals surface area contributed by atoms with Gasteiger partial charge in [-0.1, -0.05) is 0 Å². The van der Waals surface area contributed by atoms with Crippen LogP contribution in [0.5, 0.6) is 0 Å². The van der Waals surface area contributed by atoms with Crippen LogP contribution >= 0.6 is 0 Å². The normalized spacial score (nSPS) is 15.6. The van der Waals surface area contributed by atoms with Crippen LogP contribution in [-0.4, -0.2) is 40.4 Å². The first-order valence-electron chi connectivity index (χ1n) is 5.89. The number of hydrogen-bond acceptors (Lipinski definition) is 4. The third kappa shape index (κ3) is 3.55. The molecule has 5 nitrogen and oxygen atoms in total. The minimum atomic E-state index is -4.52. The molecule has 0 saturated carbocycles. The maximum atomic E-state index is 12.4. The molecule has 19 heavy (non-hydrogen) atoms. The Kier molecular flexibility index (Phi) is 3.87. The Labute approximate surface area is 107 Å². The van der Waals surface area contributed by atoms with Crippen LogP contribution < -0.4 is 5.32 Å². The molecule has 0 aliphatic carbocycles. The van der Waals surface area contributed by atoms with Crippen molar-refractivity contribution < 1.29 is 18.0 Å². The lowest BCUT2D eigenvalue weighted by atomic mass is 10.4. The number of amides is 1. The molecule has 2 rings (SSSR count). The molecule has 2 heterocycles. The molecule has 8 heteroatoms. The second-order valence-electron chi connectivity index (χ2n) is 4.20. The number of carbonyl (C=O) groups is 1. The zero-order valence-electron chi connectivity index (χ0n) is 10.1. The molecule has 1 aromatic heterocycles. The van der Waals surface area contributed by atoms with Gasteiger partial charge in [0, 0.05) is 19.3 Å². The Bertz CT molecular complexity index is 457. The summed E-state index contributed by atoms with van der Waals surface area (Å²) in [6, 6.07) is 0.785. The highest BCUT2D eigenvalue weighted by molar-refractivity contribution is 5.80. The molecule has 104 valence electrons. The number of rotatable bonds is 3. The van der Waals surface area contributed by atoms with Crippen molar-refractivity contribution in [3.63, 3.8) is 0 Å². The lowest BCUT2D eigenvalue weighted by Crippen LogP contribution is -2.33. The fourth-order valence-electron chi connectivity index (χ4n) is 1.83. The van der Waals surface area contributed by atoms with Crippen LogP contribution in [0.2, 0.25) is 0 Å². The molecule has 1 aromatic rings. The zero-order chi connectivity index (χ0) is 13.9. The van der Waals surface area contributed by atoms with E-state index in [4.69, 9.17) is 0 Å². The van der Waals surface area contributed by atoms with Gasteiger partial charge < -0.3 is 10.2 Å². The van der Waals surface area contributed by atoms with Gasteiger partial charge in [-0.2, -0.15) is 13.2 Å². The van der Waals surface area contributed by atoms with Crippen LogP contribution in [0.4, 0.5) is 19.1 Å². The fourth-order valence-corrected chi connectivity index (χ4v) is 1.83. The van der Waals surface area contributed by atoms with E-state index in [1.54, 1.807) is 4.90 Å². The van der Waals surface area contributed by atoms with Crippen molar-refractivity contribution in [2.45, 2.75) is 19.0 Å². The number of nitrogens with one attached hydrogen (secondary N) is 1. The number of likely N-dealkylation sites (tertiary alicyclic amines) is 1. The highest BCUT2D eigenvalue weighted by atomic mass is 19.4. The van der Waals surface area contributed by atoms with E-state index in [0.717, 1.165) is 25.1 Å². The van der Waals surface area contributed by atoms with Crippen molar-refractivity contribution in [1.82, 2.24) is 14.9 Å². The third-order valence-electron chi connectivity index (χ3n) is 2.80. The molecule has 0 bridgehead atoms. The van der Waals surface area contributed by atoms with Gasteiger partial charge in [0.15, 0.2) is 0 Å². The standard InChI is InChI=1S/C11H13F3N4O/c12-11(13,14)8-3-4-15-10(17-8)16-7-9(19)18-5-1-2-6-18/h3-4H,1-2,5-7H2,(H,15,16,17). The van der Waals surface area contributed by atoms with Crippen molar-refractivity contribution >= 4 is 11.9 Å².